The molecule has 0 fully saturated rings. The van der Waals surface area contributed by atoms with Crippen molar-refractivity contribution in [3.05, 3.63) is 29.0 Å². The second kappa shape index (κ2) is 8.74. The second-order valence-electron chi connectivity index (χ2n) is 5.30. The van der Waals surface area contributed by atoms with E-state index >= 15 is 0 Å². The van der Waals surface area contributed by atoms with E-state index in [0.717, 1.165) is 18.6 Å². The number of aromatic nitrogens is 1. The van der Waals surface area contributed by atoms with Gasteiger partial charge in [-0.1, -0.05) is 60.6 Å². The zero-order valence-corrected chi connectivity index (χ0v) is 14.6. The third-order valence-electron chi connectivity index (χ3n) is 2.16. The largest absolute Gasteiger partial charge is 0.336 e. The van der Waals surface area contributed by atoms with E-state index in [1.807, 2.05) is 27.7 Å². The normalized spacial score (nSPS) is 11.3. The van der Waals surface area contributed by atoms with Crippen molar-refractivity contribution in [3.8, 4) is 0 Å². The molecule has 0 bridgehead atoms. The van der Waals surface area contributed by atoms with Crippen molar-refractivity contribution < 1.29 is 9.63 Å². The molecule has 0 amide bonds. The molecule has 0 unspecified atom stereocenters. The molecule has 0 N–H and O–H groups in total. The fourth-order valence-electron chi connectivity index (χ4n) is 1.29. The number of hydrogen-bond donors (Lipinski definition) is 0. The highest BCUT2D eigenvalue weighted by Crippen LogP contribution is 2.35. The van der Waals surface area contributed by atoms with Crippen molar-refractivity contribution in [2.75, 3.05) is 5.75 Å². The number of carbonyl (C=O) groups excluding carboxylic acids is 1. The minimum atomic E-state index is -0.235. The van der Waals surface area contributed by atoms with Crippen LogP contribution in [0.5, 0.6) is 0 Å². The van der Waals surface area contributed by atoms with Gasteiger partial charge in [-0.25, -0.2) is 4.79 Å². The molecule has 1 aromatic heterocycles. The van der Waals surface area contributed by atoms with Crippen molar-refractivity contribution in [3.63, 3.8) is 0 Å². The number of nitrogens with zero attached hydrogens (tertiary/aromatic N) is 1. The van der Waals surface area contributed by atoms with Gasteiger partial charge in [-0.2, -0.15) is 4.73 Å². The Morgan fingerprint density at radius 2 is 2.10 bits per heavy atom. The molecule has 0 saturated heterocycles. The quantitative estimate of drug-likeness (QED) is 0.416. The second-order valence-corrected chi connectivity index (χ2v) is 8.96. The predicted molar refractivity (Wildman–Crippen MR) is 90.5 cm³/mol. The topological polar surface area (TPSA) is 31.2 Å². The zero-order valence-electron chi connectivity index (χ0n) is 12.1. The van der Waals surface area contributed by atoms with Crippen LogP contribution in [0.25, 0.3) is 0 Å². The molecule has 1 heterocycles. The first-order valence-electron chi connectivity index (χ1n) is 6.58. The number of pyridine rings is 1. The fraction of sp³-hybridized carbons (Fsp3) is 0.571. The van der Waals surface area contributed by atoms with Gasteiger partial charge in [-0.15, -0.1) is 0 Å². The summed E-state index contributed by atoms with van der Waals surface area (Å²) in [4.78, 5) is 16.8. The van der Waals surface area contributed by atoms with Crippen LogP contribution < -0.4 is 4.84 Å². The minimum absolute atomic E-state index is 0.235. The summed E-state index contributed by atoms with van der Waals surface area (Å²) >= 11 is 5.05. The Hall–Kier alpha value is -0.460. The molecule has 0 spiro atoms. The third kappa shape index (κ3) is 7.97. The van der Waals surface area contributed by atoms with Gasteiger partial charge in [0.25, 0.3) is 0 Å². The van der Waals surface area contributed by atoms with Crippen LogP contribution in [0.2, 0.25) is 0 Å². The standard InChI is InChI=1S/C14H21NO2S3/c1-14(2,3)20-19-11-7-5-9-13(16)17-15-10-6-4-8-12(15)18/h4,6,8,10H,5,7,9,11H2,1-3H3. The molecular weight excluding hydrogens is 310 g/mol. The van der Waals surface area contributed by atoms with Crippen molar-refractivity contribution in [1.29, 1.82) is 0 Å². The zero-order chi connectivity index (χ0) is 15.0. The van der Waals surface area contributed by atoms with Crippen LogP contribution >= 0.6 is 33.8 Å². The lowest BCUT2D eigenvalue weighted by Gasteiger charge is -2.15. The van der Waals surface area contributed by atoms with Gasteiger partial charge in [-0.3, -0.25) is 0 Å². The first-order chi connectivity index (χ1) is 9.38. The lowest BCUT2D eigenvalue weighted by Crippen LogP contribution is -2.19. The van der Waals surface area contributed by atoms with Crippen molar-refractivity contribution in [2.24, 2.45) is 0 Å². The van der Waals surface area contributed by atoms with E-state index < -0.39 is 0 Å². The summed E-state index contributed by atoms with van der Waals surface area (Å²) in [6, 6.07) is 5.32. The fourth-order valence-corrected chi connectivity index (χ4v) is 3.89. The molecular formula is C14H21NO2S3. The first-order valence-corrected chi connectivity index (χ1v) is 9.31. The van der Waals surface area contributed by atoms with Gasteiger partial charge in [0, 0.05) is 23.1 Å². The van der Waals surface area contributed by atoms with E-state index in [0.29, 0.717) is 11.1 Å². The number of carbonyl (C=O) groups is 1. The summed E-state index contributed by atoms with van der Waals surface area (Å²) in [5.74, 6) is 0.820. The Morgan fingerprint density at radius 1 is 1.35 bits per heavy atom. The Kier molecular flexibility index (Phi) is 7.69. The van der Waals surface area contributed by atoms with Gasteiger partial charge in [0.1, 0.15) is 4.64 Å². The highest BCUT2D eigenvalue weighted by Gasteiger charge is 2.10. The molecule has 1 aromatic rings. The van der Waals surface area contributed by atoms with Crippen molar-refractivity contribution >= 4 is 39.8 Å². The maximum Gasteiger partial charge on any atom is 0.332 e. The molecule has 0 radical (unpaired) electrons. The maximum atomic E-state index is 11.7. The van der Waals surface area contributed by atoms with Gasteiger partial charge < -0.3 is 4.84 Å². The van der Waals surface area contributed by atoms with E-state index in [2.05, 4.69) is 20.8 Å². The highest BCUT2D eigenvalue weighted by molar-refractivity contribution is 8.77. The van der Waals surface area contributed by atoms with Crippen LogP contribution in [-0.4, -0.2) is 21.2 Å². The van der Waals surface area contributed by atoms with Gasteiger partial charge in [0.15, 0.2) is 0 Å². The monoisotopic (exact) mass is 331 g/mol. The van der Waals surface area contributed by atoms with Gasteiger partial charge in [0.05, 0.1) is 0 Å². The summed E-state index contributed by atoms with van der Waals surface area (Å²) < 4.78 is 2.12. The van der Waals surface area contributed by atoms with Gasteiger partial charge in [-0.05, 0) is 25.0 Å². The molecule has 0 aliphatic heterocycles. The molecule has 1 rings (SSSR count). The van der Waals surface area contributed by atoms with E-state index in [1.165, 1.54) is 4.73 Å². The first kappa shape index (κ1) is 17.6. The molecule has 6 heteroatoms. The van der Waals surface area contributed by atoms with E-state index in [4.69, 9.17) is 17.1 Å². The predicted octanol–water partition coefficient (Wildman–Crippen LogP) is 4.52. The van der Waals surface area contributed by atoms with Crippen molar-refractivity contribution in [2.45, 2.75) is 44.8 Å². The number of hydrogen-bond acceptors (Lipinski definition) is 5. The lowest BCUT2D eigenvalue weighted by molar-refractivity contribution is -0.144. The van der Waals surface area contributed by atoms with Crippen LogP contribution in [0.15, 0.2) is 24.4 Å². The Morgan fingerprint density at radius 3 is 2.75 bits per heavy atom. The van der Waals surface area contributed by atoms with Gasteiger partial charge in [0.2, 0.25) is 0 Å². The van der Waals surface area contributed by atoms with Crippen LogP contribution in [0.3, 0.4) is 0 Å². The average Bonchev–Trinajstić information content (AvgIpc) is 2.35. The smallest absolute Gasteiger partial charge is 0.332 e. The summed E-state index contributed by atoms with van der Waals surface area (Å²) in [5.41, 5.74) is 0. The van der Waals surface area contributed by atoms with E-state index in [-0.39, 0.29) is 10.7 Å². The van der Waals surface area contributed by atoms with Crippen molar-refractivity contribution in [1.82, 2.24) is 4.73 Å². The average molecular weight is 332 g/mol. The SMILES string of the molecule is CC(C)(C)SSCCCCC(=O)On1ccccc1=S. The third-order valence-corrected chi connectivity index (χ3v) is 5.90. The van der Waals surface area contributed by atoms with Gasteiger partial charge >= 0.3 is 5.97 Å². The highest BCUT2D eigenvalue weighted by atomic mass is 33.1. The number of rotatable bonds is 7. The molecule has 0 saturated carbocycles. The Balaban J connectivity index is 2.15. The van der Waals surface area contributed by atoms with Crippen LogP contribution in [0, 0.1) is 4.64 Å². The number of unbranched alkanes of at least 4 members (excludes halogenated alkanes) is 1. The molecule has 0 aliphatic carbocycles. The lowest BCUT2D eigenvalue weighted by atomic mass is 10.2. The minimum Gasteiger partial charge on any atom is -0.336 e. The Labute approximate surface area is 133 Å². The summed E-state index contributed by atoms with van der Waals surface area (Å²) in [7, 11) is 3.74. The van der Waals surface area contributed by atoms with E-state index in [1.54, 1.807) is 18.3 Å². The summed E-state index contributed by atoms with van der Waals surface area (Å²) in [6.07, 6.45) is 3.94. The Bertz CT molecular complexity index is 480. The van der Waals surface area contributed by atoms with Crippen LogP contribution in [-0.2, 0) is 4.79 Å². The maximum absolute atomic E-state index is 11.7. The molecule has 0 atom stereocenters. The summed E-state index contributed by atoms with van der Waals surface area (Å²) in [6.45, 7) is 6.60. The van der Waals surface area contributed by atoms with E-state index in [9.17, 15) is 4.79 Å². The molecule has 20 heavy (non-hydrogen) atoms. The molecule has 112 valence electrons. The van der Waals surface area contributed by atoms with Crippen LogP contribution in [0.4, 0.5) is 0 Å². The van der Waals surface area contributed by atoms with Crippen LogP contribution in [0.1, 0.15) is 40.0 Å². The summed E-state index contributed by atoms with van der Waals surface area (Å²) in [5, 5.41) is 0. The molecule has 3 nitrogen and oxygen atoms in total. The molecule has 0 aliphatic rings. The molecule has 0 aromatic carbocycles.